The van der Waals surface area contributed by atoms with Gasteiger partial charge >= 0.3 is 0 Å². The SMILES string of the molecule is O=C(CNC(=O)c1cccs1)NCCC12CC3CC(CC(C3)C1)C2. The second-order valence-corrected chi connectivity index (χ2v) is 9.13. The molecule has 1 aromatic rings. The summed E-state index contributed by atoms with van der Waals surface area (Å²) in [6, 6.07) is 3.61. The van der Waals surface area contributed by atoms with Gasteiger partial charge in [-0.3, -0.25) is 9.59 Å². The average molecular weight is 346 g/mol. The molecule has 0 saturated heterocycles. The van der Waals surface area contributed by atoms with Gasteiger partial charge in [0.05, 0.1) is 11.4 Å². The highest BCUT2D eigenvalue weighted by atomic mass is 32.1. The number of nitrogens with one attached hydrogen (secondary N) is 2. The van der Waals surface area contributed by atoms with Gasteiger partial charge in [0.2, 0.25) is 5.91 Å². The van der Waals surface area contributed by atoms with Crippen molar-refractivity contribution in [1.82, 2.24) is 10.6 Å². The molecule has 2 amide bonds. The second kappa shape index (κ2) is 6.51. The van der Waals surface area contributed by atoms with Crippen molar-refractivity contribution < 1.29 is 9.59 Å². The van der Waals surface area contributed by atoms with Crippen LogP contribution in [0.15, 0.2) is 17.5 Å². The Kier molecular flexibility index (Phi) is 4.37. The molecule has 24 heavy (non-hydrogen) atoms. The molecule has 0 aromatic carbocycles. The monoisotopic (exact) mass is 346 g/mol. The summed E-state index contributed by atoms with van der Waals surface area (Å²) in [6.45, 7) is 0.817. The molecule has 0 atom stereocenters. The minimum absolute atomic E-state index is 0.0671. The molecule has 4 saturated carbocycles. The fraction of sp³-hybridized carbons (Fsp3) is 0.684. The zero-order valence-corrected chi connectivity index (χ0v) is 14.9. The lowest BCUT2D eigenvalue weighted by Gasteiger charge is -2.57. The van der Waals surface area contributed by atoms with Crippen molar-refractivity contribution >= 4 is 23.2 Å². The van der Waals surface area contributed by atoms with E-state index in [0.717, 1.165) is 30.7 Å². The zero-order valence-electron chi connectivity index (χ0n) is 14.1. The van der Waals surface area contributed by atoms with Gasteiger partial charge in [0.15, 0.2) is 0 Å². The van der Waals surface area contributed by atoms with Gasteiger partial charge in [-0.2, -0.15) is 0 Å². The number of carbonyl (C=O) groups is 2. The van der Waals surface area contributed by atoms with Crippen LogP contribution in [0, 0.1) is 23.2 Å². The molecule has 4 fully saturated rings. The van der Waals surface area contributed by atoms with Crippen molar-refractivity contribution in [2.75, 3.05) is 13.1 Å². The first-order valence-corrected chi connectivity index (χ1v) is 10.1. The van der Waals surface area contributed by atoms with Crippen LogP contribution in [0.1, 0.15) is 54.6 Å². The van der Waals surface area contributed by atoms with Crippen molar-refractivity contribution in [2.24, 2.45) is 23.2 Å². The van der Waals surface area contributed by atoms with E-state index in [1.54, 1.807) is 6.07 Å². The molecule has 0 spiro atoms. The van der Waals surface area contributed by atoms with Gasteiger partial charge in [-0.25, -0.2) is 0 Å². The molecular formula is C19H26N2O2S. The largest absolute Gasteiger partial charge is 0.355 e. The predicted molar refractivity (Wildman–Crippen MR) is 94.9 cm³/mol. The van der Waals surface area contributed by atoms with Crippen molar-refractivity contribution in [1.29, 1.82) is 0 Å². The van der Waals surface area contributed by atoms with Crippen molar-refractivity contribution in [3.8, 4) is 0 Å². The molecule has 5 heteroatoms. The fourth-order valence-electron chi connectivity index (χ4n) is 5.78. The molecule has 4 aliphatic carbocycles. The van der Waals surface area contributed by atoms with Crippen molar-refractivity contribution in [3.05, 3.63) is 22.4 Å². The first-order valence-electron chi connectivity index (χ1n) is 9.20. The molecule has 0 unspecified atom stereocenters. The lowest BCUT2D eigenvalue weighted by atomic mass is 9.49. The molecule has 2 N–H and O–H groups in total. The summed E-state index contributed by atoms with van der Waals surface area (Å²) in [5.74, 6) is 2.62. The Balaban J connectivity index is 1.20. The van der Waals surface area contributed by atoms with Gasteiger partial charge < -0.3 is 10.6 Å². The summed E-state index contributed by atoms with van der Waals surface area (Å²) in [6.07, 6.45) is 9.63. The molecule has 4 aliphatic rings. The van der Waals surface area contributed by atoms with Crippen LogP contribution in [0.5, 0.6) is 0 Å². The van der Waals surface area contributed by atoms with Gasteiger partial charge in [-0.15, -0.1) is 11.3 Å². The molecule has 1 aromatic heterocycles. The van der Waals surface area contributed by atoms with E-state index in [0.29, 0.717) is 10.3 Å². The van der Waals surface area contributed by atoms with E-state index in [4.69, 9.17) is 0 Å². The quantitative estimate of drug-likeness (QED) is 0.831. The number of thiophene rings is 1. The van der Waals surface area contributed by atoms with Crippen LogP contribution in [0.3, 0.4) is 0 Å². The van der Waals surface area contributed by atoms with Gasteiger partial charge in [0.1, 0.15) is 0 Å². The third-order valence-electron chi connectivity index (χ3n) is 6.30. The molecule has 130 valence electrons. The molecule has 0 aliphatic heterocycles. The van der Waals surface area contributed by atoms with Crippen molar-refractivity contribution in [2.45, 2.75) is 44.9 Å². The van der Waals surface area contributed by atoms with Gasteiger partial charge in [0.25, 0.3) is 5.91 Å². The second-order valence-electron chi connectivity index (χ2n) is 8.18. The Hall–Kier alpha value is -1.36. The minimum Gasteiger partial charge on any atom is -0.355 e. The highest BCUT2D eigenvalue weighted by molar-refractivity contribution is 7.12. The van der Waals surface area contributed by atoms with Crippen LogP contribution in [-0.4, -0.2) is 24.9 Å². The van der Waals surface area contributed by atoms with E-state index >= 15 is 0 Å². The van der Waals surface area contributed by atoms with Crippen molar-refractivity contribution in [3.63, 3.8) is 0 Å². The number of hydrogen-bond acceptors (Lipinski definition) is 3. The lowest BCUT2D eigenvalue weighted by Crippen LogP contribution is -2.47. The summed E-state index contributed by atoms with van der Waals surface area (Å²) >= 11 is 1.39. The highest BCUT2D eigenvalue weighted by Crippen LogP contribution is 2.61. The van der Waals surface area contributed by atoms with Gasteiger partial charge in [-0.05, 0) is 79.6 Å². The number of rotatable bonds is 6. The van der Waals surface area contributed by atoms with Crippen LogP contribution < -0.4 is 10.6 Å². The van der Waals surface area contributed by atoms with Crippen LogP contribution >= 0.6 is 11.3 Å². The Morgan fingerprint density at radius 3 is 2.33 bits per heavy atom. The molecule has 0 radical (unpaired) electrons. The van der Waals surface area contributed by atoms with Crippen LogP contribution in [0.25, 0.3) is 0 Å². The van der Waals surface area contributed by atoms with E-state index in [-0.39, 0.29) is 18.4 Å². The average Bonchev–Trinajstić information content (AvgIpc) is 3.05. The summed E-state index contributed by atoms with van der Waals surface area (Å²) in [5.41, 5.74) is 0.502. The summed E-state index contributed by atoms with van der Waals surface area (Å²) in [4.78, 5) is 24.5. The van der Waals surface area contributed by atoms with Crippen LogP contribution in [0.2, 0.25) is 0 Å². The topological polar surface area (TPSA) is 58.2 Å². The van der Waals surface area contributed by atoms with E-state index < -0.39 is 0 Å². The van der Waals surface area contributed by atoms with Crippen LogP contribution in [0.4, 0.5) is 0 Å². The Morgan fingerprint density at radius 2 is 1.75 bits per heavy atom. The number of hydrogen-bond donors (Lipinski definition) is 2. The fourth-order valence-corrected chi connectivity index (χ4v) is 6.42. The normalized spacial score (nSPS) is 33.4. The standard InChI is InChI=1S/C19H26N2O2S/c22-17(12-21-18(23)16-2-1-5-24-16)20-4-3-19-9-13-6-14(10-19)8-15(7-13)11-19/h1-2,5,13-15H,3-4,6-12H2,(H,20,22)(H,21,23). The lowest BCUT2D eigenvalue weighted by molar-refractivity contribution is -0.120. The Labute approximate surface area is 147 Å². The maximum absolute atomic E-state index is 12.0. The molecule has 4 nitrogen and oxygen atoms in total. The van der Waals surface area contributed by atoms with Crippen LogP contribution in [-0.2, 0) is 4.79 Å². The third-order valence-corrected chi connectivity index (χ3v) is 7.17. The number of carbonyl (C=O) groups excluding carboxylic acids is 2. The summed E-state index contributed by atoms with van der Waals surface area (Å²) < 4.78 is 0. The van der Waals surface area contributed by atoms with E-state index in [1.807, 2.05) is 11.4 Å². The third kappa shape index (κ3) is 3.37. The highest BCUT2D eigenvalue weighted by Gasteiger charge is 2.50. The zero-order chi connectivity index (χ0) is 16.6. The first-order chi connectivity index (χ1) is 11.6. The summed E-state index contributed by atoms with van der Waals surface area (Å²) in [7, 11) is 0. The predicted octanol–water partition coefficient (Wildman–Crippen LogP) is 3.20. The summed E-state index contributed by atoms with van der Waals surface area (Å²) in [5, 5.41) is 7.56. The Morgan fingerprint density at radius 1 is 1.08 bits per heavy atom. The minimum atomic E-state index is -0.166. The molecule has 1 heterocycles. The first kappa shape index (κ1) is 16.1. The maximum Gasteiger partial charge on any atom is 0.261 e. The van der Waals surface area contributed by atoms with E-state index in [1.165, 1.54) is 49.9 Å². The van der Waals surface area contributed by atoms with Gasteiger partial charge in [0, 0.05) is 6.54 Å². The number of amides is 2. The molecule has 5 rings (SSSR count). The molecule has 4 bridgehead atoms. The van der Waals surface area contributed by atoms with Gasteiger partial charge in [-0.1, -0.05) is 6.07 Å². The van der Waals surface area contributed by atoms with E-state index in [9.17, 15) is 9.59 Å². The smallest absolute Gasteiger partial charge is 0.261 e. The Bertz CT molecular complexity index is 576. The molecular weight excluding hydrogens is 320 g/mol. The van der Waals surface area contributed by atoms with E-state index in [2.05, 4.69) is 10.6 Å². The maximum atomic E-state index is 12.0.